The molecule has 1 N–H and O–H groups in total. The molecule has 1 aliphatic rings. The van der Waals surface area contributed by atoms with E-state index in [-0.39, 0.29) is 10.6 Å². The number of nitrogens with one attached hydrogen (secondary N) is 1. The number of azide groups is 1. The number of hydrogen-bond acceptors (Lipinski definition) is 7. The molecule has 11 heteroatoms. The van der Waals surface area contributed by atoms with E-state index in [0.29, 0.717) is 5.69 Å². The van der Waals surface area contributed by atoms with Gasteiger partial charge >= 0.3 is 0 Å². The van der Waals surface area contributed by atoms with Crippen LogP contribution in [0.1, 0.15) is 12.0 Å². The molecule has 22 heavy (non-hydrogen) atoms. The number of rotatable bonds is 4. The lowest BCUT2D eigenvalue weighted by molar-refractivity contribution is -0.167. The fourth-order valence-corrected chi connectivity index (χ4v) is 2.32. The van der Waals surface area contributed by atoms with E-state index < -0.39 is 40.1 Å². The molecule has 0 radical (unpaired) electrons. The first kappa shape index (κ1) is 15.5. The van der Waals surface area contributed by atoms with E-state index in [1.807, 2.05) is 0 Å². The molecule has 1 heterocycles. The number of carbonyl (C=O) groups excluding carboxylic acids is 2. The van der Waals surface area contributed by atoms with Crippen molar-refractivity contribution in [3.05, 3.63) is 40.3 Å². The normalized spacial score (nSPS) is 17.5. The molecular weight excluding hydrogens is 314 g/mol. The van der Waals surface area contributed by atoms with E-state index >= 15 is 0 Å². The molecule has 0 saturated carbocycles. The standard InChI is InChI=1S/C11H9N5O5S/c12-10(6-1-3-7(4-2-6)14-15-13)21-16-9(17)5-8(11(16)18)22(19)20/h1-4,8,12,22H,5H2. The third-order valence-electron chi connectivity index (χ3n) is 2.81. The van der Waals surface area contributed by atoms with Crippen molar-refractivity contribution in [1.29, 1.82) is 5.41 Å². The minimum atomic E-state index is -3.09. The van der Waals surface area contributed by atoms with Crippen molar-refractivity contribution in [2.24, 2.45) is 5.11 Å². The summed E-state index contributed by atoms with van der Waals surface area (Å²) in [5.41, 5.74) is 8.81. The maximum Gasteiger partial charge on any atom is 0.281 e. The summed E-state index contributed by atoms with van der Waals surface area (Å²) < 4.78 is 21.7. The molecule has 2 rings (SSSR count). The molecule has 1 aromatic rings. The number of hydrogen-bond donors (Lipinski definition) is 2. The first-order valence-corrected chi connectivity index (χ1v) is 7.11. The van der Waals surface area contributed by atoms with Gasteiger partial charge in [-0.05, 0) is 17.7 Å². The van der Waals surface area contributed by atoms with Gasteiger partial charge in [0.1, 0.15) is 5.25 Å². The van der Waals surface area contributed by atoms with Gasteiger partial charge in [-0.1, -0.05) is 17.2 Å². The molecule has 114 valence electrons. The molecule has 0 spiro atoms. The number of benzene rings is 1. The highest BCUT2D eigenvalue weighted by Gasteiger charge is 2.43. The van der Waals surface area contributed by atoms with Crippen LogP contribution in [0, 0.1) is 5.41 Å². The second-order valence-electron chi connectivity index (χ2n) is 4.19. The van der Waals surface area contributed by atoms with Crippen LogP contribution >= 0.6 is 0 Å². The summed E-state index contributed by atoms with van der Waals surface area (Å²) in [5, 5.41) is 9.87. The fourth-order valence-electron chi connectivity index (χ4n) is 1.73. The molecule has 1 atom stereocenters. The number of nitrogens with zero attached hydrogens (tertiary/aromatic N) is 4. The Morgan fingerprint density at radius 3 is 2.50 bits per heavy atom. The summed E-state index contributed by atoms with van der Waals surface area (Å²) in [6.45, 7) is 0. The van der Waals surface area contributed by atoms with Gasteiger partial charge in [-0.3, -0.25) is 15.0 Å². The van der Waals surface area contributed by atoms with Gasteiger partial charge < -0.3 is 4.84 Å². The van der Waals surface area contributed by atoms with E-state index in [2.05, 4.69) is 10.0 Å². The van der Waals surface area contributed by atoms with Crippen molar-refractivity contribution in [2.45, 2.75) is 11.7 Å². The van der Waals surface area contributed by atoms with Gasteiger partial charge in [0.15, 0.2) is 10.7 Å². The van der Waals surface area contributed by atoms with Gasteiger partial charge in [-0.15, -0.1) is 5.06 Å². The van der Waals surface area contributed by atoms with Crippen molar-refractivity contribution in [3.8, 4) is 0 Å². The van der Waals surface area contributed by atoms with Crippen LogP contribution in [0.3, 0.4) is 0 Å². The third-order valence-corrected chi connectivity index (χ3v) is 3.72. The Bertz CT molecular complexity index is 758. The molecular formula is C11H9N5O5S. The monoisotopic (exact) mass is 323 g/mol. The van der Waals surface area contributed by atoms with Crippen LogP contribution in [-0.4, -0.2) is 36.4 Å². The quantitative estimate of drug-likeness (QED) is 0.158. The van der Waals surface area contributed by atoms with E-state index in [1.54, 1.807) is 0 Å². The largest absolute Gasteiger partial charge is 0.349 e. The first-order valence-electron chi connectivity index (χ1n) is 5.86. The topological polar surface area (TPSA) is 153 Å². The van der Waals surface area contributed by atoms with Gasteiger partial charge in [0.2, 0.25) is 5.90 Å². The summed E-state index contributed by atoms with van der Waals surface area (Å²) in [6, 6.07) is 5.61. The van der Waals surface area contributed by atoms with Gasteiger partial charge in [-0.2, -0.15) is 0 Å². The van der Waals surface area contributed by atoms with E-state index in [4.69, 9.17) is 15.8 Å². The smallest absolute Gasteiger partial charge is 0.281 e. The second kappa shape index (κ2) is 6.24. The summed E-state index contributed by atoms with van der Waals surface area (Å²) in [5.74, 6) is -2.36. The Hall–Kier alpha value is -2.91. The third kappa shape index (κ3) is 3.05. The molecule has 1 saturated heterocycles. The van der Waals surface area contributed by atoms with Crippen molar-refractivity contribution in [2.75, 3.05) is 0 Å². The summed E-state index contributed by atoms with van der Waals surface area (Å²) in [7, 11) is -3.09. The average molecular weight is 323 g/mol. The zero-order chi connectivity index (χ0) is 16.3. The Labute approximate surface area is 125 Å². The number of thiol groups is 1. The molecule has 1 fully saturated rings. The maximum absolute atomic E-state index is 11.7. The van der Waals surface area contributed by atoms with Crippen LogP contribution in [0.4, 0.5) is 5.69 Å². The highest BCUT2D eigenvalue weighted by Crippen LogP contribution is 2.19. The molecule has 2 amide bonds. The number of hydroxylamine groups is 2. The molecule has 0 bridgehead atoms. The van der Waals surface area contributed by atoms with Crippen LogP contribution in [0.5, 0.6) is 0 Å². The van der Waals surface area contributed by atoms with Crippen LogP contribution in [0.2, 0.25) is 0 Å². The lowest BCUT2D eigenvalue weighted by Gasteiger charge is -2.14. The molecule has 10 nitrogen and oxygen atoms in total. The maximum atomic E-state index is 11.7. The Balaban J connectivity index is 2.13. The zero-order valence-electron chi connectivity index (χ0n) is 10.9. The second-order valence-corrected chi connectivity index (χ2v) is 5.38. The highest BCUT2D eigenvalue weighted by molar-refractivity contribution is 7.74. The number of amides is 2. The number of carbonyl (C=O) groups is 2. The lowest BCUT2D eigenvalue weighted by atomic mass is 10.2. The highest BCUT2D eigenvalue weighted by atomic mass is 32.2. The van der Waals surface area contributed by atoms with Crippen LogP contribution in [0.15, 0.2) is 29.4 Å². The SMILES string of the molecule is [N-]=[N+]=Nc1ccc(C(=N)ON2C(=O)CC([SH](=O)=O)C2=O)cc1. The molecule has 1 aromatic carbocycles. The minimum Gasteiger partial charge on any atom is -0.349 e. The lowest BCUT2D eigenvalue weighted by Crippen LogP contribution is -2.34. The van der Waals surface area contributed by atoms with Crippen LogP contribution in [0.25, 0.3) is 10.4 Å². The van der Waals surface area contributed by atoms with Crippen molar-refractivity contribution in [3.63, 3.8) is 0 Å². The van der Waals surface area contributed by atoms with Crippen molar-refractivity contribution < 1.29 is 22.8 Å². The number of imide groups is 1. The Morgan fingerprint density at radius 2 is 2.00 bits per heavy atom. The zero-order valence-corrected chi connectivity index (χ0v) is 11.8. The Kier molecular flexibility index (Phi) is 4.39. The van der Waals surface area contributed by atoms with Crippen LogP contribution < -0.4 is 0 Å². The van der Waals surface area contributed by atoms with E-state index in [9.17, 15) is 18.0 Å². The Morgan fingerprint density at radius 1 is 1.36 bits per heavy atom. The first-order chi connectivity index (χ1) is 10.4. The van der Waals surface area contributed by atoms with Gasteiger partial charge in [-0.25, -0.2) is 8.42 Å². The predicted octanol–water partition coefficient (Wildman–Crippen LogP) is 0.624. The van der Waals surface area contributed by atoms with Gasteiger partial charge in [0.25, 0.3) is 11.8 Å². The summed E-state index contributed by atoms with van der Waals surface area (Å²) in [4.78, 5) is 30.7. The predicted molar refractivity (Wildman–Crippen MR) is 73.7 cm³/mol. The summed E-state index contributed by atoms with van der Waals surface area (Å²) in [6.07, 6.45) is -0.499. The minimum absolute atomic E-state index is 0.215. The van der Waals surface area contributed by atoms with E-state index in [0.717, 1.165) is 0 Å². The van der Waals surface area contributed by atoms with Crippen molar-refractivity contribution >= 4 is 34.1 Å². The van der Waals surface area contributed by atoms with Crippen molar-refractivity contribution in [1.82, 2.24) is 5.06 Å². The average Bonchev–Trinajstić information content (AvgIpc) is 2.76. The van der Waals surface area contributed by atoms with E-state index in [1.165, 1.54) is 24.3 Å². The van der Waals surface area contributed by atoms with Crippen LogP contribution in [-0.2, 0) is 25.1 Å². The van der Waals surface area contributed by atoms with Gasteiger partial charge in [0, 0.05) is 16.2 Å². The molecule has 1 aliphatic heterocycles. The molecule has 0 aliphatic carbocycles. The molecule has 0 aromatic heterocycles. The molecule has 1 unspecified atom stereocenters. The fraction of sp³-hybridized carbons (Fsp3) is 0.182. The van der Waals surface area contributed by atoms with Gasteiger partial charge in [0.05, 0.1) is 6.42 Å². The summed E-state index contributed by atoms with van der Waals surface area (Å²) >= 11 is 0.